The number of hydrogen-bond donors (Lipinski definition) is 0. The van der Waals surface area contributed by atoms with Crippen molar-refractivity contribution < 1.29 is 9.53 Å². The summed E-state index contributed by atoms with van der Waals surface area (Å²) < 4.78 is 7.23. The molecule has 0 atom stereocenters. The molecule has 1 aromatic carbocycles. The highest BCUT2D eigenvalue weighted by Crippen LogP contribution is 2.29. The third kappa shape index (κ3) is 2.16. The van der Waals surface area contributed by atoms with Gasteiger partial charge in [-0.1, -0.05) is 0 Å². The average molecular weight is 267 g/mol. The van der Waals surface area contributed by atoms with Crippen LogP contribution in [-0.4, -0.2) is 17.5 Å². The lowest BCUT2D eigenvalue weighted by molar-refractivity contribution is 0.102. The number of fused-ring (bicyclic) bond motifs is 1. The van der Waals surface area contributed by atoms with Crippen LogP contribution in [0.4, 0.5) is 0 Å². The summed E-state index contributed by atoms with van der Waals surface area (Å²) in [5.74, 6) is 0.946. The Morgan fingerprint density at radius 1 is 1.25 bits per heavy atom. The van der Waals surface area contributed by atoms with Crippen molar-refractivity contribution >= 4 is 11.9 Å². The normalized spacial score (nSPS) is 16.3. The zero-order chi connectivity index (χ0) is 14.1. The molecule has 1 aliphatic rings. The topological polar surface area (TPSA) is 31.2 Å². The van der Waals surface area contributed by atoms with E-state index in [9.17, 15) is 4.79 Å². The Balaban J connectivity index is 1.97. The summed E-state index contributed by atoms with van der Waals surface area (Å²) in [5.41, 5.74) is 3.82. The number of carbonyl (C=O) groups is 1. The van der Waals surface area contributed by atoms with E-state index in [2.05, 4.69) is 0 Å². The number of ether oxygens (including phenoxy) is 1. The van der Waals surface area contributed by atoms with Crippen molar-refractivity contribution in [3.05, 3.63) is 58.9 Å². The van der Waals surface area contributed by atoms with Crippen LogP contribution >= 0.6 is 0 Å². The Bertz CT molecular complexity index is 695. The van der Waals surface area contributed by atoms with E-state index < -0.39 is 0 Å². The van der Waals surface area contributed by atoms with Gasteiger partial charge in [0.05, 0.1) is 7.11 Å². The van der Waals surface area contributed by atoms with Gasteiger partial charge in [-0.05, 0) is 54.8 Å². The van der Waals surface area contributed by atoms with Crippen LogP contribution in [0.25, 0.3) is 6.08 Å². The van der Waals surface area contributed by atoms with Crippen LogP contribution in [0.2, 0.25) is 0 Å². The number of aryl methyl sites for hydroxylation is 2. The number of nitrogens with zero attached hydrogens (tertiary/aromatic N) is 1. The van der Waals surface area contributed by atoms with Gasteiger partial charge in [-0.15, -0.1) is 0 Å². The minimum Gasteiger partial charge on any atom is -0.497 e. The maximum atomic E-state index is 12.5. The number of rotatable bonds is 2. The van der Waals surface area contributed by atoms with E-state index >= 15 is 0 Å². The molecular formula is C17H17NO2. The molecule has 0 radical (unpaired) electrons. The fourth-order valence-electron chi connectivity index (χ4n) is 2.62. The maximum absolute atomic E-state index is 12.5. The number of benzene rings is 1. The Hall–Kier alpha value is -2.29. The smallest absolute Gasteiger partial charge is 0.189 e. The van der Waals surface area contributed by atoms with Crippen LogP contribution in [0, 0.1) is 0 Å². The van der Waals surface area contributed by atoms with Crippen molar-refractivity contribution in [2.75, 3.05) is 7.11 Å². The van der Waals surface area contributed by atoms with Gasteiger partial charge in [-0.3, -0.25) is 4.79 Å². The number of aromatic nitrogens is 1. The summed E-state index contributed by atoms with van der Waals surface area (Å²) in [7, 11) is 3.63. The second kappa shape index (κ2) is 5.00. The van der Waals surface area contributed by atoms with Crippen molar-refractivity contribution in [1.82, 2.24) is 4.57 Å². The molecule has 0 unspecified atom stereocenters. The predicted molar refractivity (Wildman–Crippen MR) is 79.0 cm³/mol. The van der Waals surface area contributed by atoms with Crippen LogP contribution in [0.5, 0.6) is 5.75 Å². The zero-order valence-corrected chi connectivity index (χ0v) is 11.7. The fraction of sp³-hybridized carbons (Fsp3) is 0.235. The molecule has 0 saturated carbocycles. The Kier molecular flexibility index (Phi) is 3.18. The molecule has 0 fully saturated rings. The number of carbonyl (C=O) groups excluding carboxylic acids is 1. The SMILES string of the molecule is COc1ccc2c(c1)CCC(=Cc1cccn1C)C2=O. The van der Waals surface area contributed by atoms with Crippen molar-refractivity contribution in [2.45, 2.75) is 12.8 Å². The molecule has 0 spiro atoms. The highest BCUT2D eigenvalue weighted by Gasteiger charge is 2.22. The molecule has 3 heteroatoms. The fourth-order valence-corrected chi connectivity index (χ4v) is 2.62. The third-order valence-corrected chi connectivity index (χ3v) is 3.82. The van der Waals surface area contributed by atoms with Crippen LogP contribution in [0.15, 0.2) is 42.1 Å². The van der Waals surface area contributed by atoms with E-state index in [0.717, 1.165) is 41.0 Å². The van der Waals surface area contributed by atoms with E-state index in [1.54, 1.807) is 7.11 Å². The molecule has 0 aliphatic heterocycles. The Labute approximate surface area is 118 Å². The first-order chi connectivity index (χ1) is 9.69. The first-order valence-corrected chi connectivity index (χ1v) is 6.72. The Morgan fingerprint density at radius 3 is 2.80 bits per heavy atom. The van der Waals surface area contributed by atoms with Crippen LogP contribution in [-0.2, 0) is 13.5 Å². The van der Waals surface area contributed by atoms with Crippen molar-refractivity contribution in [3.63, 3.8) is 0 Å². The van der Waals surface area contributed by atoms with Crippen molar-refractivity contribution in [2.24, 2.45) is 7.05 Å². The molecule has 0 bridgehead atoms. The van der Waals surface area contributed by atoms with Crippen molar-refractivity contribution in [1.29, 1.82) is 0 Å². The number of Topliss-reactive ketones (excluding diaryl/α,β-unsaturated/α-hetero) is 1. The lowest BCUT2D eigenvalue weighted by Crippen LogP contribution is -2.14. The lowest BCUT2D eigenvalue weighted by atomic mass is 9.86. The molecular weight excluding hydrogens is 250 g/mol. The van der Waals surface area contributed by atoms with E-state index in [1.807, 2.05) is 54.2 Å². The maximum Gasteiger partial charge on any atom is 0.189 e. The molecule has 1 heterocycles. The lowest BCUT2D eigenvalue weighted by Gasteiger charge is -2.18. The number of methoxy groups -OCH3 is 1. The zero-order valence-electron chi connectivity index (χ0n) is 11.7. The van der Waals surface area contributed by atoms with Crippen molar-refractivity contribution in [3.8, 4) is 5.75 Å². The van der Waals surface area contributed by atoms with Gasteiger partial charge >= 0.3 is 0 Å². The summed E-state index contributed by atoms with van der Waals surface area (Å²) in [6.45, 7) is 0. The van der Waals surface area contributed by atoms with Gasteiger partial charge in [-0.2, -0.15) is 0 Å². The van der Waals surface area contributed by atoms with Gasteiger partial charge in [0.15, 0.2) is 5.78 Å². The number of allylic oxidation sites excluding steroid dienone is 1. The molecule has 0 amide bonds. The van der Waals surface area contributed by atoms with Gasteiger partial charge in [0, 0.05) is 30.1 Å². The van der Waals surface area contributed by atoms with Crippen LogP contribution in [0.3, 0.4) is 0 Å². The van der Waals surface area contributed by atoms with Gasteiger partial charge in [0.25, 0.3) is 0 Å². The standard InChI is InChI=1S/C17H17NO2/c1-18-9-3-4-14(18)10-13-6-5-12-11-15(20-2)7-8-16(12)17(13)19/h3-4,7-11H,5-6H2,1-2H3. The molecule has 0 saturated heterocycles. The highest BCUT2D eigenvalue weighted by atomic mass is 16.5. The molecule has 1 aromatic heterocycles. The molecule has 3 nitrogen and oxygen atoms in total. The quantitative estimate of drug-likeness (QED) is 0.782. The third-order valence-electron chi connectivity index (χ3n) is 3.82. The van der Waals surface area contributed by atoms with E-state index in [0.29, 0.717) is 0 Å². The molecule has 1 aliphatic carbocycles. The molecule has 3 rings (SSSR count). The molecule has 0 N–H and O–H groups in total. The summed E-state index contributed by atoms with van der Waals surface area (Å²) in [6, 6.07) is 9.69. The second-order valence-corrected chi connectivity index (χ2v) is 5.07. The number of ketones is 1. The van der Waals surface area contributed by atoms with Gasteiger partial charge in [-0.25, -0.2) is 0 Å². The minimum atomic E-state index is 0.134. The monoisotopic (exact) mass is 267 g/mol. The van der Waals surface area contributed by atoms with Gasteiger partial charge in [0.2, 0.25) is 0 Å². The van der Waals surface area contributed by atoms with E-state index in [-0.39, 0.29) is 5.78 Å². The largest absolute Gasteiger partial charge is 0.497 e. The summed E-state index contributed by atoms with van der Waals surface area (Å²) in [5, 5.41) is 0. The van der Waals surface area contributed by atoms with Gasteiger partial charge in [0.1, 0.15) is 5.75 Å². The molecule has 2 aromatic rings. The summed E-state index contributed by atoms with van der Waals surface area (Å²) in [4.78, 5) is 12.5. The highest BCUT2D eigenvalue weighted by molar-refractivity contribution is 6.13. The van der Waals surface area contributed by atoms with E-state index in [4.69, 9.17) is 4.74 Å². The van der Waals surface area contributed by atoms with E-state index in [1.165, 1.54) is 0 Å². The minimum absolute atomic E-state index is 0.134. The summed E-state index contributed by atoms with van der Waals surface area (Å²) in [6.07, 6.45) is 5.65. The molecule has 20 heavy (non-hydrogen) atoms. The van der Waals surface area contributed by atoms with Crippen LogP contribution < -0.4 is 4.74 Å². The molecule has 102 valence electrons. The Morgan fingerprint density at radius 2 is 2.10 bits per heavy atom. The first kappa shape index (κ1) is 12.7. The summed E-state index contributed by atoms with van der Waals surface area (Å²) >= 11 is 0. The second-order valence-electron chi connectivity index (χ2n) is 5.07. The van der Waals surface area contributed by atoms with Crippen LogP contribution in [0.1, 0.15) is 28.0 Å². The van der Waals surface area contributed by atoms with Gasteiger partial charge < -0.3 is 9.30 Å². The number of hydrogen-bond acceptors (Lipinski definition) is 2. The predicted octanol–water partition coefficient (Wildman–Crippen LogP) is 3.25. The first-order valence-electron chi connectivity index (χ1n) is 6.72. The average Bonchev–Trinajstić information content (AvgIpc) is 2.87.